The van der Waals surface area contributed by atoms with Crippen LogP contribution in [0, 0.1) is 39.0 Å². The molecule has 0 unspecified atom stereocenters. The summed E-state index contributed by atoms with van der Waals surface area (Å²) in [5.41, 5.74) is 5.50. The Bertz CT molecular complexity index is 371. The second-order valence-corrected chi connectivity index (χ2v) is 4.09. The number of rotatable bonds is 0. The normalized spacial score (nSPS) is 9.85. The van der Waals surface area contributed by atoms with Crippen LogP contribution in [-0.4, -0.2) is 0 Å². The highest BCUT2D eigenvalue weighted by molar-refractivity contribution is 9.10. The lowest BCUT2D eigenvalue weighted by Gasteiger charge is -2.12. The highest BCUT2D eigenvalue weighted by Gasteiger charge is 2.12. The van der Waals surface area contributed by atoms with E-state index in [1.807, 2.05) is 13.8 Å². The van der Waals surface area contributed by atoms with E-state index >= 15 is 0 Å². The van der Waals surface area contributed by atoms with Crippen molar-refractivity contribution < 1.29 is 0 Å². The summed E-state index contributed by atoms with van der Waals surface area (Å²) in [6.45, 7) is 8.17. The highest BCUT2D eigenvalue weighted by atomic mass is 79.9. The van der Waals surface area contributed by atoms with E-state index in [1.54, 1.807) is 0 Å². The molecule has 0 bridgehead atoms. The average Bonchev–Trinajstić information content (AvgIpc) is 2.13. The lowest BCUT2D eigenvalue weighted by atomic mass is 9.95. The number of hydrogen-bond acceptors (Lipinski definition) is 1. The van der Waals surface area contributed by atoms with E-state index in [0.29, 0.717) is 0 Å². The monoisotopic (exact) mass is 237 g/mol. The van der Waals surface area contributed by atoms with Crippen LogP contribution in [0.5, 0.6) is 0 Å². The smallest absolute Gasteiger partial charge is 0.101 e. The van der Waals surface area contributed by atoms with Crippen LogP contribution in [0.4, 0.5) is 0 Å². The van der Waals surface area contributed by atoms with Crippen molar-refractivity contribution in [3.05, 3.63) is 32.3 Å². The molecule has 13 heavy (non-hydrogen) atoms. The van der Waals surface area contributed by atoms with Crippen molar-refractivity contribution in [2.45, 2.75) is 27.7 Å². The minimum Gasteiger partial charge on any atom is -0.192 e. The molecule has 0 aliphatic heterocycles. The molecule has 0 aliphatic carbocycles. The molecule has 0 atom stereocenters. The van der Waals surface area contributed by atoms with Crippen LogP contribution in [0.1, 0.15) is 27.8 Å². The Kier molecular flexibility index (Phi) is 2.77. The van der Waals surface area contributed by atoms with Crippen molar-refractivity contribution in [1.82, 2.24) is 0 Å². The van der Waals surface area contributed by atoms with Crippen molar-refractivity contribution in [3.8, 4) is 6.07 Å². The lowest BCUT2D eigenvalue weighted by molar-refractivity contribution is 1.18. The maximum absolute atomic E-state index is 8.96. The molecule has 0 aromatic heterocycles. The molecule has 0 saturated carbocycles. The summed E-state index contributed by atoms with van der Waals surface area (Å²) in [5.74, 6) is 0. The van der Waals surface area contributed by atoms with Crippen LogP contribution in [0.25, 0.3) is 0 Å². The third-order valence-electron chi connectivity index (χ3n) is 2.72. The van der Waals surface area contributed by atoms with E-state index in [-0.39, 0.29) is 0 Å². The molecule has 0 saturated heterocycles. The number of hydrogen-bond donors (Lipinski definition) is 0. The van der Waals surface area contributed by atoms with Crippen LogP contribution in [0.3, 0.4) is 0 Å². The summed E-state index contributed by atoms with van der Waals surface area (Å²) in [6, 6.07) is 2.23. The van der Waals surface area contributed by atoms with E-state index in [0.717, 1.165) is 15.6 Å². The lowest BCUT2D eigenvalue weighted by Crippen LogP contribution is -1.97. The Morgan fingerprint density at radius 1 is 0.923 bits per heavy atom. The van der Waals surface area contributed by atoms with Gasteiger partial charge in [0.15, 0.2) is 0 Å². The van der Waals surface area contributed by atoms with Gasteiger partial charge < -0.3 is 0 Å². The third-order valence-corrected chi connectivity index (χ3v) is 3.71. The molecule has 0 fully saturated rings. The summed E-state index contributed by atoms with van der Waals surface area (Å²) in [7, 11) is 0. The van der Waals surface area contributed by atoms with Crippen LogP contribution in [-0.2, 0) is 0 Å². The Labute approximate surface area is 87.5 Å². The molecule has 1 nitrogen and oxygen atoms in total. The summed E-state index contributed by atoms with van der Waals surface area (Å²) in [5, 5.41) is 8.96. The van der Waals surface area contributed by atoms with Gasteiger partial charge in [0.2, 0.25) is 0 Å². The fourth-order valence-corrected chi connectivity index (χ4v) is 2.08. The fraction of sp³-hybridized carbons (Fsp3) is 0.364. The van der Waals surface area contributed by atoms with Gasteiger partial charge >= 0.3 is 0 Å². The van der Waals surface area contributed by atoms with Gasteiger partial charge in [-0.25, -0.2) is 0 Å². The molecule has 0 N–H and O–H groups in total. The minimum atomic E-state index is 0.764. The molecular formula is C11H12BrN. The SMILES string of the molecule is Cc1c(C)c(C)c(C#N)c(Br)c1C. The van der Waals surface area contributed by atoms with E-state index < -0.39 is 0 Å². The zero-order valence-corrected chi connectivity index (χ0v) is 9.91. The predicted molar refractivity (Wildman–Crippen MR) is 57.8 cm³/mol. The van der Waals surface area contributed by atoms with Gasteiger partial charge in [-0.1, -0.05) is 0 Å². The third kappa shape index (κ3) is 1.49. The largest absolute Gasteiger partial charge is 0.192 e. The first-order chi connectivity index (χ1) is 6.00. The summed E-state index contributed by atoms with van der Waals surface area (Å²) >= 11 is 3.45. The van der Waals surface area contributed by atoms with Crippen LogP contribution < -0.4 is 0 Å². The molecule has 0 amide bonds. The zero-order valence-electron chi connectivity index (χ0n) is 8.33. The van der Waals surface area contributed by atoms with E-state index in [1.165, 1.54) is 16.7 Å². The van der Waals surface area contributed by atoms with Gasteiger partial charge in [-0.15, -0.1) is 0 Å². The Morgan fingerprint density at radius 3 is 1.85 bits per heavy atom. The molecule has 2 heteroatoms. The van der Waals surface area contributed by atoms with Gasteiger partial charge in [-0.2, -0.15) is 5.26 Å². The van der Waals surface area contributed by atoms with Crippen LogP contribution in [0.15, 0.2) is 4.47 Å². The van der Waals surface area contributed by atoms with Gasteiger partial charge in [0.1, 0.15) is 6.07 Å². The summed E-state index contributed by atoms with van der Waals surface area (Å²) in [4.78, 5) is 0. The second-order valence-electron chi connectivity index (χ2n) is 3.30. The number of halogens is 1. The predicted octanol–water partition coefficient (Wildman–Crippen LogP) is 3.55. The standard InChI is InChI=1S/C11H12BrN/c1-6-7(2)9(4)11(12)10(5-13)8(6)3/h1-4H3. The molecule has 1 aromatic rings. The zero-order chi connectivity index (χ0) is 10.2. The number of nitrogens with zero attached hydrogens (tertiary/aromatic N) is 1. The Balaban J connectivity index is 3.69. The first kappa shape index (κ1) is 10.3. The number of benzene rings is 1. The average molecular weight is 238 g/mol. The topological polar surface area (TPSA) is 23.8 Å². The Morgan fingerprint density at radius 2 is 1.38 bits per heavy atom. The molecule has 1 rings (SSSR count). The maximum atomic E-state index is 8.96. The first-order valence-electron chi connectivity index (χ1n) is 4.16. The van der Waals surface area contributed by atoms with Crippen LogP contribution in [0.2, 0.25) is 0 Å². The van der Waals surface area contributed by atoms with Gasteiger partial charge in [-0.05, 0) is 65.9 Å². The van der Waals surface area contributed by atoms with Gasteiger partial charge in [0.05, 0.1) is 5.56 Å². The van der Waals surface area contributed by atoms with Crippen molar-refractivity contribution in [3.63, 3.8) is 0 Å². The molecule has 1 aromatic carbocycles. The van der Waals surface area contributed by atoms with Crippen molar-refractivity contribution in [2.75, 3.05) is 0 Å². The molecule has 68 valence electrons. The molecule has 0 radical (unpaired) electrons. The minimum absolute atomic E-state index is 0.764. The quantitative estimate of drug-likeness (QED) is 0.677. The molecular weight excluding hydrogens is 226 g/mol. The van der Waals surface area contributed by atoms with E-state index in [2.05, 4.69) is 35.8 Å². The molecule has 0 spiro atoms. The molecule has 0 aliphatic rings. The summed E-state index contributed by atoms with van der Waals surface area (Å²) < 4.78 is 0.940. The van der Waals surface area contributed by atoms with Gasteiger partial charge in [-0.3, -0.25) is 0 Å². The Hall–Kier alpha value is -0.810. The van der Waals surface area contributed by atoms with E-state index in [9.17, 15) is 0 Å². The molecule has 0 heterocycles. The van der Waals surface area contributed by atoms with Crippen molar-refractivity contribution in [1.29, 1.82) is 5.26 Å². The number of nitriles is 1. The van der Waals surface area contributed by atoms with Gasteiger partial charge in [0, 0.05) is 4.47 Å². The van der Waals surface area contributed by atoms with E-state index in [4.69, 9.17) is 5.26 Å². The van der Waals surface area contributed by atoms with Crippen LogP contribution >= 0.6 is 15.9 Å². The van der Waals surface area contributed by atoms with Gasteiger partial charge in [0.25, 0.3) is 0 Å². The highest BCUT2D eigenvalue weighted by Crippen LogP contribution is 2.29. The maximum Gasteiger partial charge on any atom is 0.101 e. The van der Waals surface area contributed by atoms with Crippen molar-refractivity contribution in [2.24, 2.45) is 0 Å². The van der Waals surface area contributed by atoms with Crippen molar-refractivity contribution >= 4 is 15.9 Å². The first-order valence-corrected chi connectivity index (χ1v) is 4.96. The second kappa shape index (κ2) is 3.51. The fourth-order valence-electron chi connectivity index (χ4n) is 1.40. The summed E-state index contributed by atoms with van der Waals surface area (Å²) in [6.07, 6.45) is 0.